The van der Waals surface area contributed by atoms with Crippen molar-refractivity contribution in [1.29, 1.82) is 0 Å². The molecule has 0 bridgehead atoms. The van der Waals surface area contributed by atoms with E-state index in [1.807, 2.05) is 23.1 Å². The highest BCUT2D eigenvalue weighted by Crippen LogP contribution is 2.43. The van der Waals surface area contributed by atoms with E-state index in [0.717, 1.165) is 44.5 Å². The molecule has 3 fully saturated rings. The van der Waals surface area contributed by atoms with Crippen LogP contribution in [0.15, 0.2) is 24.4 Å². The standard InChI is InChI=1S/C28H37FN6O2/c1-27(2)14-19(12-20-6-5-11-35(20)27)31-24-21(29)15-30-26(33-24)32-18-9-10-22-23(13-18)37-28(3,4)25(36)34(22)16-17-7-8-17/h9-10,13,15,17,19-20H,5-8,11-12,14,16H2,1-4H3,(H2,30,31,32,33)/t19-,20+/m1/s1. The molecule has 8 nitrogen and oxygen atoms in total. The van der Waals surface area contributed by atoms with Gasteiger partial charge in [0.1, 0.15) is 5.75 Å². The number of hydrogen-bond donors (Lipinski definition) is 2. The maximum absolute atomic E-state index is 14.7. The van der Waals surface area contributed by atoms with Crippen molar-refractivity contribution in [2.45, 2.75) is 89.4 Å². The molecule has 1 aromatic carbocycles. The number of benzene rings is 1. The van der Waals surface area contributed by atoms with Crippen LogP contribution < -0.4 is 20.3 Å². The lowest BCUT2D eigenvalue weighted by Crippen LogP contribution is -2.55. The van der Waals surface area contributed by atoms with Gasteiger partial charge >= 0.3 is 0 Å². The largest absolute Gasteiger partial charge is 0.476 e. The maximum Gasteiger partial charge on any atom is 0.270 e. The Bertz CT molecular complexity index is 1210. The van der Waals surface area contributed by atoms with Crippen LogP contribution in [0.5, 0.6) is 5.75 Å². The van der Waals surface area contributed by atoms with E-state index in [1.54, 1.807) is 13.8 Å². The van der Waals surface area contributed by atoms with Crippen LogP contribution in [0.4, 0.5) is 27.5 Å². The molecule has 2 saturated heterocycles. The van der Waals surface area contributed by atoms with Crippen molar-refractivity contribution in [2.24, 2.45) is 5.92 Å². The summed E-state index contributed by atoms with van der Waals surface area (Å²) in [5.74, 6) is 1.26. The summed E-state index contributed by atoms with van der Waals surface area (Å²) >= 11 is 0. The minimum Gasteiger partial charge on any atom is -0.476 e. The van der Waals surface area contributed by atoms with Crippen LogP contribution in [-0.2, 0) is 4.79 Å². The number of halogens is 1. The third kappa shape index (κ3) is 4.74. The molecule has 0 radical (unpaired) electrons. The van der Waals surface area contributed by atoms with Crippen molar-refractivity contribution in [3.8, 4) is 5.75 Å². The molecular weight excluding hydrogens is 471 g/mol. The molecule has 2 atom stereocenters. The monoisotopic (exact) mass is 508 g/mol. The number of carbonyl (C=O) groups excluding carboxylic acids is 1. The first-order valence-electron chi connectivity index (χ1n) is 13.6. The van der Waals surface area contributed by atoms with Gasteiger partial charge in [0, 0.05) is 35.9 Å². The molecule has 37 heavy (non-hydrogen) atoms. The lowest BCUT2D eigenvalue weighted by molar-refractivity contribution is -0.132. The van der Waals surface area contributed by atoms with Gasteiger partial charge in [-0.05, 0) is 90.8 Å². The SMILES string of the molecule is CC1(C)Oc2cc(Nc3ncc(F)c(N[C@@H]4C[C@@H]5CCCN5C(C)(C)C4)n3)ccc2N(CC2CC2)C1=O. The lowest BCUT2D eigenvalue weighted by atomic mass is 9.84. The highest BCUT2D eigenvalue weighted by molar-refractivity contribution is 6.02. The van der Waals surface area contributed by atoms with Crippen LogP contribution in [0.25, 0.3) is 0 Å². The highest BCUT2D eigenvalue weighted by atomic mass is 19.1. The molecule has 0 spiro atoms. The van der Waals surface area contributed by atoms with Gasteiger partial charge in [0.05, 0.1) is 11.9 Å². The molecule has 9 heteroatoms. The average Bonchev–Trinajstić information content (AvgIpc) is 3.51. The van der Waals surface area contributed by atoms with Gasteiger partial charge in [0.15, 0.2) is 17.2 Å². The molecule has 4 aliphatic rings. The molecule has 4 heterocycles. The van der Waals surface area contributed by atoms with Gasteiger partial charge in [0.2, 0.25) is 5.95 Å². The molecule has 1 saturated carbocycles. The topological polar surface area (TPSA) is 82.6 Å². The van der Waals surface area contributed by atoms with E-state index in [2.05, 4.69) is 39.3 Å². The highest BCUT2D eigenvalue weighted by Gasteiger charge is 2.44. The number of nitrogens with zero attached hydrogens (tertiary/aromatic N) is 4. The molecular formula is C28H37FN6O2. The van der Waals surface area contributed by atoms with Gasteiger partial charge in [-0.2, -0.15) is 4.98 Å². The third-order valence-corrected chi connectivity index (χ3v) is 8.31. The number of piperidine rings is 1. The van der Waals surface area contributed by atoms with Crippen molar-refractivity contribution in [3.63, 3.8) is 0 Å². The lowest BCUT2D eigenvalue weighted by Gasteiger charge is -2.47. The number of aromatic nitrogens is 2. The summed E-state index contributed by atoms with van der Waals surface area (Å²) in [6, 6.07) is 6.33. The Hall–Kier alpha value is -2.94. The van der Waals surface area contributed by atoms with Gasteiger partial charge in [-0.1, -0.05) is 0 Å². The smallest absolute Gasteiger partial charge is 0.270 e. The van der Waals surface area contributed by atoms with Crippen LogP contribution in [0.2, 0.25) is 0 Å². The van der Waals surface area contributed by atoms with Crippen molar-refractivity contribution >= 4 is 29.0 Å². The molecule has 2 N–H and O–H groups in total. The van der Waals surface area contributed by atoms with Crippen LogP contribution >= 0.6 is 0 Å². The predicted molar refractivity (Wildman–Crippen MR) is 142 cm³/mol. The molecule has 1 aliphatic carbocycles. The normalized spacial score (nSPS) is 26.3. The molecule has 6 rings (SSSR count). The first-order chi connectivity index (χ1) is 17.6. The predicted octanol–water partition coefficient (Wildman–Crippen LogP) is 5.09. The Morgan fingerprint density at radius 3 is 2.78 bits per heavy atom. The van der Waals surface area contributed by atoms with Crippen LogP contribution in [0, 0.1) is 11.7 Å². The summed E-state index contributed by atoms with van der Waals surface area (Å²) in [6.07, 6.45) is 7.88. The second-order valence-electron chi connectivity index (χ2n) is 12.3. The summed E-state index contributed by atoms with van der Waals surface area (Å²) < 4.78 is 20.8. The van der Waals surface area contributed by atoms with Crippen LogP contribution in [0.3, 0.4) is 0 Å². The van der Waals surface area contributed by atoms with E-state index in [-0.39, 0.29) is 23.3 Å². The molecule has 0 unspecified atom stereocenters. The maximum atomic E-state index is 14.7. The summed E-state index contributed by atoms with van der Waals surface area (Å²) in [5, 5.41) is 6.58. The first kappa shape index (κ1) is 24.4. The quantitative estimate of drug-likeness (QED) is 0.562. The van der Waals surface area contributed by atoms with Crippen LogP contribution in [-0.4, -0.2) is 57.1 Å². The van der Waals surface area contributed by atoms with Gasteiger partial charge in [0.25, 0.3) is 5.91 Å². The van der Waals surface area contributed by atoms with E-state index in [0.29, 0.717) is 29.3 Å². The minimum atomic E-state index is -0.938. The Kier molecular flexibility index (Phi) is 5.82. The first-order valence-corrected chi connectivity index (χ1v) is 13.6. The number of hydrogen-bond acceptors (Lipinski definition) is 7. The van der Waals surface area contributed by atoms with E-state index < -0.39 is 11.4 Å². The molecule has 3 aliphatic heterocycles. The van der Waals surface area contributed by atoms with E-state index in [1.165, 1.54) is 19.0 Å². The number of nitrogens with one attached hydrogen (secondary N) is 2. The summed E-state index contributed by atoms with van der Waals surface area (Å²) in [7, 11) is 0. The third-order valence-electron chi connectivity index (χ3n) is 8.31. The Balaban J connectivity index is 1.20. The molecule has 1 aromatic heterocycles. The Morgan fingerprint density at radius 1 is 1.19 bits per heavy atom. The number of fused-ring (bicyclic) bond motifs is 2. The number of ether oxygens (including phenoxy) is 1. The zero-order valence-electron chi connectivity index (χ0n) is 22.2. The molecule has 2 aromatic rings. The summed E-state index contributed by atoms with van der Waals surface area (Å²) in [5.41, 5.74) is 0.637. The Labute approximate surface area is 218 Å². The fourth-order valence-electron chi connectivity index (χ4n) is 6.36. The second-order valence-corrected chi connectivity index (χ2v) is 12.3. The molecule has 198 valence electrons. The van der Waals surface area contributed by atoms with E-state index in [9.17, 15) is 9.18 Å². The zero-order chi connectivity index (χ0) is 25.9. The Morgan fingerprint density at radius 2 is 2.00 bits per heavy atom. The van der Waals surface area contributed by atoms with Gasteiger partial charge in [-0.15, -0.1) is 0 Å². The average molecular weight is 509 g/mol. The van der Waals surface area contributed by atoms with E-state index in [4.69, 9.17) is 4.74 Å². The van der Waals surface area contributed by atoms with Crippen molar-refractivity contribution in [2.75, 3.05) is 28.6 Å². The number of carbonyl (C=O) groups is 1. The number of rotatable bonds is 6. The van der Waals surface area contributed by atoms with E-state index >= 15 is 0 Å². The van der Waals surface area contributed by atoms with Gasteiger partial charge < -0.3 is 20.3 Å². The van der Waals surface area contributed by atoms with Crippen LogP contribution in [0.1, 0.15) is 66.2 Å². The van der Waals surface area contributed by atoms with Crippen molar-refractivity contribution < 1.29 is 13.9 Å². The van der Waals surface area contributed by atoms with Gasteiger partial charge in [-0.25, -0.2) is 9.37 Å². The zero-order valence-corrected chi connectivity index (χ0v) is 22.2. The number of amides is 1. The van der Waals surface area contributed by atoms with Crippen molar-refractivity contribution in [3.05, 3.63) is 30.2 Å². The second kappa shape index (κ2) is 8.82. The number of anilines is 4. The molecule has 1 amide bonds. The minimum absolute atomic E-state index is 0.0168. The summed E-state index contributed by atoms with van der Waals surface area (Å²) in [4.78, 5) is 26.1. The summed E-state index contributed by atoms with van der Waals surface area (Å²) in [6.45, 7) is 10.0. The van der Waals surface area contributed by atoms with Gasteiger partial charge in [-0.3, -0.25) is 9.69 Å². The van der Waals surface area contributed by atoms with Crippen molar-refractivity contribution in [1.82, 2.24) is 14.9 Å². The fourth-order valence-corrected chi connectivity index (χ4v) is 6.36. The fraction of sp³-hybridized carbons (Fsp3) is 0.607.